The predicted octanol–water partition coefficient (Wildman–Crippen LogP) is 1.73. The molecule has 8 heteroatoms. The number of fused-ring (bicyclic) bond motifs is 1. The molecular formula is C23H30N2O5S. The van der Waals surface area contributed by atoms with Crippen LogP contribution in [0.4, 0.5) is 0 Å². The van der Waals surface area contributed by atoms with Crippen LogP contribution >= 0.6 is 11.8 Å². The molecule has 3 aliphatic heterocycles. The second-order valence-electron chi connectivity index (χ2n) is 8.79. The number of benzene rings is 1. The summed E-state index contributed by atoms with van der Waals surface area (Å²) in [6.45, 7) is 4.66. The Morgan fingerprint density at radius 3 is 2.71 bits per heavy atom. The SMILES string of the molecule is CCOC(=O)[C@@H]1[C@H]2C(=O)N(CCCO)C(C(=O)NCc3ccccc3)C23CC[C@@]1(C)S3. The Kier molecular flexibility index (Phi) is 6.05. The first-order valence-corrected chi connectivity index (χ1v) is 11.8. The van der Waals surface area contributed by atoms with Crippen LogP contribution in [0.5, 0.6) is 0 Å². The molecule has 2 unspecified atom stereocenters. The standard InChI is InChI=1S/C23H30N2O5S/c1-3-30-21(29)17-16-20(28)25(12-7-13-26)18(23(16)11-10-22(17,2)31-23)19(27)24-14-15-8-5-4-6-9-15/h4-6,8-9,16-18,26H,3,7,10-14H2,1-2H3,(H,24,27)/t16-,17-,18?,22+,23?/m0/s1. The fourth-order valence-electron chi connectivity index (χ4n) is 5.68. The Balaban J connectivity index is 1.65. The molecule has 3 fully saturated rings. The number of thioether (sulfide) groups is 1. The molecule has 2 amide bonds. The van der Waals surface area contributed by atoms with Gasteiger partial charge in [-0.05, 0) is 38.7 Å². The van der Waals surface area contributed by atoms with E-state index in [-0.39, 0.29) is 31.0 Å². The third-order valence-electron chi connectivity index (χ3n) is 6.93. The molecule has 3 heterocycles. The molecule has 0 saturated carbocycles. The Morgan fingerprint density at radius 1 is 1.29 bits per heavy atom. The summed E-state index contributed by atoms with van der Waals surface area (Å²) in [6.07, 6.45) is 1.86. The van der Waals surface area contributed by atoms with Gasteiger partial charge in [0.1, 0.15) is 6.04 Å². The fraction of sp³-hybridized carbons (Fsp3) is 0.609. The monoisotopic (exact) mass is 446 g/mol. The van der Waals surface area contributed by atoms with Gasteiger partial charge in [0, 0.05) is 24.4 Å². The second-order valence-corrected chi connectivity index (χ2v) is 10.7. The highest BCUT2D eigenvalue weighted by Gasteiger charge is 2.77. The van der Waals surface area contributed by atoms with Crippen molar-refractivity contribution in [2.24, 2.45) is 11.8 Å². The highest BCUT2D eigenvalue weighted by atomic mass is 32.2. The molecule has 3 saturated heterocycles. The Morgan fingerprint density at radius 2 is 2.03 bits per heavy atom. The summed E-state index contributed by atoms with van der Waals surface area (Å²) >= 11 is 1.63. The lowest BCUT2D eigenvalue weighted by molar-refractivity contribution is -0.155. The van der Waals surface area contributed by atoms with Crippen LogP contribution in [0, 0.1) is 11.8 Å². The normalized spacial score (nSPS) is 33.5. The van der Waals surface area contributed by atoms with Crippen LogP contribution in [-0.2, 0) is 25.7 Å². The maximum atomic E-state index is 13.6. The number of ether oxygens (including phenoxy) is 1. The van der Waals surface area contributed by atoms with Crippen molar-refractivity contribution in [2.45, 2.75) is 55.2 Å². The zero-order valence-electron chi connectivity index (χ0n) is 18.0. The van der Waals surface area contributed by atoms with Crippen molar-refractivity contribution in [1.82, 2.24) is 10.2 Å². The number of amides is 2. The number of hydrogen-bond donors (Lipinski definition) is 2. The number of nitrogens with zero attached hydrogens (tertiary/aromatic N) is 1. The van der Waals surface area contributed by atoms with Crippen molar-refractivity contribution in [3.63, 3.8) is 0 Å². The average Bonchev–Trinajstić information content (AvgIpc) is 3.32. The molecular weight excluding hydrogens is 416 g/mol. The van der Waals surface area contributed by atoms with E-state index in [9.17, 15) is 19.5 Å². The van der Waals surface area contributed by atoms with E-state index >= 15 is 0 Å². The Bertz CT molecular complexity index is 865. The lowest BCUT2D eigenvalue weighted by atomic mass is 9.66. The van der Waals surface area contributed by atoms with Crippen LogP contribution < -0.4 is 5.32 Å². The summed E-state index contributed by atoms with van der Waals surface area (Å²) in [6, 6.07) is 8.98. The summed E-state index contributed by atoms with van der Waals surface area (Å²) in [7, 11) is 0. The molecule has 2 N–H and O–H groups in total. The predicted molar refractivity (Wildman–Crippen MR) is 117 cm³/mol. The highest BCUT2D eigenvalue weighted by Crippen LogP contribution is 2.71. The van der Waals surface area contributed by atoms with Crippen LogP contribution in [0.25, 0.3) is 0 Å². The molecule has 5 atom stereocenters. The molecule has 1 spiro atoms. The number of carbonyl (C=O) groups is 3. The highest BCUT2D eigenvalue weighted by molar-refractivity contribution is 8.02. The second kappa shape index (κ2) is 8.47. The summed E-state index contributed by atoms with van der Waals surface area (Å²) in [4.78, 5) is 41.5. The third-order valence-corrected chi connectivity index (χ3v) is 8.92. The van der Waals surface area contributed by atoms with Crippen LogP contribution in [-0.4, -0.2) is 63.1 Å². The number of rotatable bonds is 8. The average molecular weight is 447 g/mol. The largest absolute Gasteiger partial charge is 0.466 e. The minimum Gasteiger partial charge on any atom is -0.466 e. The molecule has 0 aliphatic carbocycles. The van der Waals surface area contributed by atoms with Crippen molar-refractivity contribution >= 4 is 29.5 Å². The maximum Gasteiger partial charge on any atom is 0.311 e. The van der Waals surface area contributed by atoms with E-state index in [1.165, 1.54) is 0 Å². The summed E-state index contributed by atoms with van der Waals surface area (Å²) in [5, 5.41) is 12.4. The van der Waals surface area contributed by atoms with Gasteiger partial charge in [-0.25, -0.2) is 0 Å². The van der Waals surface area contributed by atoms with Crippen LogP contribution in [0.2, 0.25) is 0 Å². The van der Waals surface area contributed by atoms with Gasteiger partial charge in [0.05, 0.1) is 23.2 Å². The molecule has 1 aromatic carbocycles. The number of likely N-dealkylation sites (tertiary alicyclic amines) is 1. The van der Waals surface area contributed by atoms with Crippen molar-refractivity contribution in [1.29, 1.82) is 0 Å². The molecule has 31 heavy (non-hydrogen) atoms. The summed E-state index contributed by atoms with van der Waals surface area (Å²) < 4.78 is 4.30. The van der Waals surface area contributed by atoms with Gasteiger partial charge in [-0.15, -0.1) is 11.8 Å². The number of aliphatic hydroxyl groups is 1. The maximum absolute atomic E-state index is 13.6. The van der Waals surface area contributed by atoms with Gasteiger partial charge in [-0.1, -0.05) is 30.3 Å². The van der Waals surface area contributed by atoms with E-state index in [1.54, 1.807) is 23.6 Å². The van der Waals surface area contributed by atoms with E-state index in [0.717, 1.165) is 12.0 Å². The molecule has 7 nitrogen and oxygen atoms in total. The van der Waals surface area contributed by atoms with E-state index in [2.05, 4.69) is 5.32 Å². The number of carbonyl (C=O) groups excluding carboxylic acids is 3. The van der Waals surface area contributed by atoms with Gasteiger partial charge in [0.2, 0.25) is 11.8 Å². The molecule has 0 radical (unpaired) electrons. The topological polar surface area (TPSA) is 95.9 Å². The molecule has 3 aliphatic rings. The first-order valence-electron chi connectivity index (χ1n) is 11.0. The molecule has 2 bridgehead atoms. The van der Waals surface area contributed by atoms with Gasteiger partial charge in [0.25, 0.3) is 0 Å². The fourth-order valence-corrected chi connectivity index (χ4v) is 8.02. The van der Waals surface area contributed by atoms with Crippen LogP contribution in [0.1, 0.15) is 38.7 Å². The van der Waals surface area contributed by atoms with E-state index < -0.39 is 27.4 Å². The zero-order valence-corrected chi connectivity index (χ0v) is 18.8. The number of aliphatic hydroxyl groups excluding tert-OH is 1. The minimum absolute atomic E-state index is 0.0635. The molecule has 168 valence electrons. The van der Waals surface area contributed by atoms with Crippen molar-refractivity contribution < 1.29 is 24.2 Å². The van der Waals surface area contributed by atoms with Crippen molar-refractivity contribution in [2.75, 3.05) is 19.8 Å². The third kappa shape index (κ3) is 3.53. The lowest BCUT2D eigenvalue weighted by Gasteiger charge is -2.34. The first-order chi connectivity index (χ1) is 14.9. The zero-order chi connectivity index (χ0) is 22.2. The molecule has 1 aromatic rings. The quantitative estimate of drug-likeness (QED) is 0.591. The van der Waals surface area contributed by atoms with Gasteiger partial charge in [0.15, 0.2) is 0 Å². The smallest absolute Gasteiger partial charge is 0.311 e. The molecule has 0 aromatic heterocycles. The van der Waals surface area contributed by atoms with Crippen LogP contribution in [0.3, 0.4) is 0 Å². The number of hydrogen-bond acceptors (Lipinski definition) is 6. The van der Waals surface area contributed by atoms with E-state index in [0.29, 0.717) is 25.9 Å². The van der Waals surface area contributed by atoms with Crippen molar-refractivity contribution in [3.05, 3.63) is 35.9 Å². The van der Waals surface area contributed by atoms with E-state index in [4.69, 9.17) is 4.74 Å². The lowest BCUT2D eigenvalue weighted by Crippen LogP contribution is -2.53. The van der Waals surface area contributed by atoms with Gasteiger partial charge in [-0.2, -0.15) is 0 Å². The minimum atomic E-state index is -0.661. The van der Waals surface area contributed by atoms with Crippen molar-refractivity contribution in [3.8, 4) is 0 Å². The summed E-state index contributed by atoms with van der Waals surface area (Å²) in [5.74, 6) is -1.82. The van der Waals surface area contributed by atoms with Gasteiger partial charge >= 0.3 is 5.97 Å². The number of nitrogens with one attached hydrogen (secondary N) is 1. The summed E-state index contributed by atoms with van der Waals surface area (Å²) in [5.41, 5.74) is 0.982. The van der Waals surface area contributed by atoms with Gasteiger partial charge in [-0.3, -0.25) is 14.4 Å². The first kappa shape index (κ1) is 22.1. The van der Waals surface area contributed by atoms with Crippen LogP contribution in [0.15, 0.2) is 30.3 Å². The van der Waals surface area contributed by atoms with Gasteiger partial charge < -0.3 is 20.1 Å². The number of esters is 1. The Hall–Kier alpha value is -2.06. The Labute approximate surface area is 186 Å². The molecule has 4 rings (SSSR count). The van der Waals surface area contributed by atoms with E-state index in [1.807, 2.05) is 37.3 Å².